The number of rotatable bonds is 4. The van der Waals surface area contributed by atoms with E-state index in [4.69, 9.17) is 9.47 Å². The molecule has 0 saturated heterocycles. The number of methoxy groups -OCH3 is 2. The Bertz CT molecular complexity index is 608. The molecule has 0 aromatic heterocycles. The third-order valence-electron chi connectivity index (χ3n) is 2.79. The molecule has 0 spiro atoms. The molecule has 0 bridgehead atoms. The molecule has 0 unspecified atom stereocenters. The highest BCUT2D eigenvalue weighted by Gasteiger charge is 2.10. The summed E-state index contributed by atoms with van der Waals surface area (Å²) in [5, 5.41) is 12.2. The number of hydrogen-bond acceptors (Lipinski definition) is 4. The summed E-state index contributed by atoms with van der Waals surface area (Å²) in [6.07, 6.45) is 0. The molecule has 1 amide bonds. The van der Waals surface area contributed by atoms with Crippen molar-refractivity contribution in [2.45, 2.75) is 0 Å². The quantitative estimate of drug-likeness (QED) is 0.898. The average Bonchev–Trinajstić information content (AvgIpc) is 2.48. The van der Waals surface area contributed by atoms with Crippen LogP contribution >= 0.6 is 0 Å². The van der Waals surface area contributed by atoms with Crippen LogP contribution in [-0.2, 0) is 0 Å². The number of aromatic hydroxyl groups is 1. The Morgan fingerprint density at radius 1 is 1.05 bits per heavy atom. The van der Waals surface area contributed by atoms with Crippen LogP contribution in [0, 0.1) is 0 Å². The molecule has 0 aliphatic carbocycles. The minimum absolute atomic E-state index is 0.00602. The van der Waals surface area contributed by atoms with Gasteiger partial charge in [0.15, 0.2) is 11.5 Å². The van der Waals surface area contributed by atoms with Gasteiger partial charge in [-0.1, -0.05) is 0 Å². The fourth-order valence-electron chi connectivity index (χ4n) is 1.70. The Morgan fingerprint density at radius 2 is 1.75 bits per heavy atom. The predicted octanol–water partition coefficient (Wildman–Crippen LogP) is 2.66. The Morgan fingerprint density at radius 3 is 2.35 bits per heavy atom. The molecule has 20 heavy (non-hydrogen) atoms. The van der Waals surface area contributed by atoms with Crippen molar-refractivity contribution in [1.29, 1.82) is 0 Å². The zero-order valence-electron chi connectivity index (χ0n) is 11.2. The molecule has 0 atom stereocenters. The van der Waals surface area contributed by atoms with E-state index >= 15 is 0 Å². The Kier molecular flexibility index (Phi) is 4.10. The molecule has 0 heterocycles. The summed E-state index contributed by atoms with van der Waals surface area (Å²) < 4.78 is 10.0. The van der Waals surface area contributed by atoms with E-state index in [0.29, 0.717) is 17.0 Å². The van der Waals surface area contributed by atoms with E-state index in [1.165, 1.54) is 25.3 Å². The number of carbonyl (C=O) groups is 1. The number of ether oxygens (including phenoxy) is 2. The maximum atomic E-state index is 12.1. The SMILES string of the molecule is COc1ccc(NC(=O)c2ccc(O)c(OC)c2)cc1. The predicted molar refractivity (Wildman–Crippen MR) is 75.6 cm³/mol. The van der Waals surface area contributed by atoms with E-state index in [0.717, 1.165) is 0 Å². The third-order valence-corrected chi connectivity index (χ3v) is 2.79. The summed E-state index contributed by atoms with van der Waals surface area (Å²) in [5.41, 5.74) is 1.05. The third kappa shape index (κ3) is 3.00. The normalized spacial score (nSPS) is 9.90. The lowest BCUT2D eigenvalue weighted by Gasteiger charge is -2.08. The minimum Gasteiger partial charge on any atom is -0.504 e. The van der Waals surface area contributed by atoms with Crippen LogP contribution in [0.5, 0.6) is 17.2 Å². The Hall–Kier alpha value is -2.69. The maximum absolute atomic E-state index is 12.1. The number of benzene rings is 2. The minimum atomic E-state index is -0.284. The van der Waals surface area contributed by atoms with Crippen LogP contribution < -0.4 is 14.8 Å². The summed E-state index contributed by atoms with van der Waals surface area (Å²) in [4.78, 5) is 12.1. The monoisotopic (exact) mass is 273 g/mol. The van der Waals surface area contributed by atoms with Gasteiger partial charge >= 0.3 is 0 Å². The number of anilines is 1. The van der Waals surface area contributed by atoms with Gasteiger partial charge in [-0.25, -0.2) is 0 Å². The van der Waals surface area contributed by atoms with Crippen LogP contribution in [0.3, 0.4) is 0 Å². The fraction of sp³-hybridized carbons (Fsp3) is 0.133. The fourth-order valence-corrected chi connectivity index (χ4v) is 1.70. The molecular weight excluding hydrogens is 258 g/mol. The lowest BCUT2D eigenvalue weighted by atomic mass is 10.2. The Balaban J connectivity index is 2.14. The van der Waals surface area contributed by atoms with Crippen molar-refractivity contribution in [2.75, 3.05) is 19.5 Å². The molecule has 2 N–H and O–H groups in total. The highest BCUT2D eigenvalue weighted by atomic mass is 16.5. The second-order valence-electron chi connectivity index (χ2n) is 4.07. The summed E-state index contributed by atoms with van der Waals surface area (Å²) in [6.45, 7) is 0. The van der Waals surface area contributed by atoms with Crippen LogP contribution in [0.2, 0.25) is 0 Å². The van der Waals surface area contributed by atoms with Gasteiger partial charge in [-0.15, -0.1) is 0 Å². The molecule has 104 valence electrons. The van der Waals surface area contributed by atoms with E-state index < -0.39 is 0 Å². The van der Waals surface area contributed by atoms with Gasteiger partial charge in [0.1, 0.15) is 5.75 Å². The molecule has 2 aromatic rings. The van der Waals surface area contributed by atoms with Crippen LogP contribution in [-0.4, -0.2) is 25.2 Å². The van der Waals surface area contributed by atoms with Crippen LogP contribution in [0.15, 0.2) is 42.5 Å². The topological polar surface area (TPSA) is 67.8 Å². The van der Waals surface area contributed by atoms with Gasteiger partial charge in [-0.05, 0) is 42.5 Å². The number of nitrogens with one attached hydrogen (secondary N) is 1. The van der Waals surface area contributed by atoms with Gasteiger partial charge in [-0.2, -0.15) is 0 Å². The van der Waals surface area contributed by atoms with Crippen molar-refractivity contribution in [2.24, 2.45) is 0 Å². The summed E-state index contributed by atoms with van der Waals surface area (Å²) in [6, 6.07) is 11.4. The molecule has 5 heteroatoms. The smallest absolute Gasteiger partial charge is 0.255 e. The first-order chi connectivity index (χ1) is 9.63. The molecule has 0 fully saturated rings. The first-order valence-corrected chi connectivity index (χ1v) is 5.96. The second-order valence-corrected chi connectivity index (χ2v) is 4.07. The van der Waals surface area contributed by atoms with Crippen LogP contribution in [0.25, 0.3) is 0 Å². The zero-order valence-corrected chi connectivity index (χ0v) is 11.2. The summed E-state index contributed by atoms with van der Waals surface area (Å²) in [5.74, 6) is 0.684. The molecule has 0 saturated carbocycles. The maximum Gasteiger partial charge on any atom is 0.255 e. The van der Waals surface area contributed by atoms with Gasteiger partial charge in [0.25, 0.3) is 5.91 Å². The average molecular weight is 273 g/mol. The largest absolute Gasteiger partial charge is 0.504 e. The first-order valence-electron chi connectivity index (χ1n) is 5.96. The van der Waals surface area contributed by atoms with Gasteiger partial charge in [0, 0.05) is 11.3 Å². The van der Waals surface area contributed by atoms with E-state index in [1.807, 2.05) is 0 Å². The molecule has 0 aliphatic rings. The molecule has 2 rings (SSSR count). The Labute approximate surface area is 116 Å². The number of phenols is 1. The van der Waals surface area contributed by atoms with Gasteiger partial charge in [0.2, 0.25) is 0 Å². The molecule has 0 radical (unpaired) electrons. The highest BCUT2D eigenvalue weighted by Crippen LogP contribution is 2.26. The van der Waals surface area contributed by atoms with Crippen molar-refractivity contribution < 1.29 is 19.4 Å². The molecule has 2 aromatic carbocycles. The van der Waals surface area contributed by atoms with Crippen molar-refractivity contribution in [3.05, 3.63) is 48.0 Å². The van der Waals surface area contributed by atoms with E-state index in [2.05, 4.69) is 5.32 Å². The van der Waals surface area contributed by atoms with E-state index in [9.17, 15) is 9.90 Å². The molecule has 0 aliphatic heterocycles. The van der Waals surface area contributed by atoms with Crippen molar-refractivity contribution in [3.63, 3.8) is 0 Å². The second kappa shape index (κ2) is 5.97. The van der Waals surface area contributed by atoms with Crippen LogP contribution in [0.4, 0.5) is 5.69 Å². The van der Waals surface area contributed by atoms with Gasteiger partial charge in [-0.3, -0.25) is 4.79 Å². The van der Waals surface area contributed by atoms with E-state index in [-0.39, 0.29) is 17.4 Å². The van der Waals surface area contributed by atoms with Crippen molar-refractivity contribution in [1.82, 2.24) is 0 Å². The number of carbonyl (C=O) groups excluding carboxylic acids is 1. The van der Waals surface area contributed by atoms with E-state index in [1.54, 1.807) is 31.4 Å². The summed E-state index contributed by atoms with van der Waals surface area (Å²) in [7, 11) is 3.01. The molecule has 5 nitrogen and oxygen atoms in total. The standard InChI is InChI=1S/C15H15NO4/c1-19-12-6-4-11(5-7-12)16-15(18)10-3-8-13(17)14(9-10)20-2/h3-9,17H,1-2H3,(H,16,18). The van der Waals surface area contributed by atoms with Crippen LogP contribution in [0.1, 0.15) is 10.4 Å². The number of hydrogen-bond donors (Lipinski definition) is 2. The lowest BCUT2D eigenvalue weighted by Crippen LogP contribution is -2.11. The molecular formula is C15H15NO4. The summed E-state index contributed by atoms with van der Waals surface area (Å²) >= 11 is 0. The zero-order chi connectivity index (χ0) is 14.5. The highest BCUT2D eigenvalue weighted by molar-refractivity contribution is 6.04. The first kappa shape index (κ1) is 13.7. The van der Waals surface area contributed by atoms with Crippen molar-refractivity contribution >= 4 is 11.6 Å². The number of phenolic OH excluding ortho intramolecular Hbond substituents is 1. The van der Waals surface area contributed by atoms with Gasteiger partial charge in [0.05, 0.1) is 14.2 Å². The lowest BCUT2D eigenvalue weighted by molar-refractivity contribution is 0.102. The number of amides is 1. The van der Waals surface area contributed by atoms with Gasteiger partial charge < -0.3 is 19.9 Å². The van der Waals surface area contributed by atoms with Crippen molar-refractivity contribution in [3.8, 4) is 17.2 Å².